The fourth-order valence-electron chi connectivity index (χ4n) is 2.66. The summed E-state index contributed by atoms with van der Waals surface area (Å²) in [5, 5.41) is 17.4. The minimum Gasteiger partial charge on any atom is -0.476 e. The van der Waals surface area contributed by atoms with Gasteiger partial charge in [-0.15, -0.1) is 11.3 Å². The molecule has 2 heterocycles. The van der Waals surface area contributed by atoms with Crippen molar-refractivity contribution in [3.05, 3.63) is 52.3 Å². The highest BCUT2D eigenvalue weighted by Gasteiger charge is 2.24. The van der Waals surface area contributed by atoms with Gasteiger partial charge in [0.2, 0.25) is 15.9 Å². The average Bonchev–Trinajstić information content (AvgIpc) is 3.39. The summed E-state index contributed by atoms with van der Waals surface area (Å²) < 4.78 is 35.6. The van der Waals surface area contributed by atoms with Gasteiger partial charge >= 0.3 is 5.97 Å². The number of carbonyl (C=O) groups excluding carboxylic acids is 1. The van der Waals surface area contributed by atoms with Gasteiger partial charge in [-0.1, -0.05) is 13.0 Å². The third kappa shape index (κ3) is 5.33. The van der Waals surface area contributed by atoms with Gasteiger partial charge in [-0.05, 0) is 43.0 Å². The van der Waals surface area contributed by atoms with E-state index in [2.05, 4.69) is 15.1 Å². The molecule has 0 aliphatic heterocycles. The number of rotatable bonds is 9. The molecule has 3 N–H and O–H groups in total. The molecule has 10 nitrogen and oxygen atoms in total. The van der Waals surface area contributed by atoms with E-state index in [1.807, 2.05) is 6.92 Å². The topological polar surface area (TPSA) is 140 Å². The Bertz CT molecular complexity index is 1240. The molecule has 0 bridgehead atoms. The SMILES string of the molecule is CCC(C)NS(=O)(=O)c1cc(NC(=O)c2cccs2)ccc1Oc1cc(C(=O)O)nn1C. The van der Waals surface area contributed by atoms with Gasteiger partial charge in [-0.2, -0.15) is 5.10 Å². The molecule has 0 spiro atoms. The maximum Gasteiger partial charge on any atom is 0.356 e. The van der Waals surface area contributed by atoms with Crippen molar-refractivity contribution in [2.24, 2.45) is 7.05 Å². The van der Waals surface area contributed by atoms with Crippen molar-refractivity contribution in [3.8, 4) is 11.6 Å². The van der Waals surface area contributed by atoms with Crippen molar-refractivity contribution < 1.29 is 27.9 Å². The van der Waals surface area contributed by atoms with Gasteiger partial charge in [-0.25, -0.2) is 22.6 Å². The number of ether oxygens (including phenoxy) is 1. The lowest BCUT2D eigenvalue weighted by Crippen LogP contribution is -2.32. The normalized spacial score (nSPS) is 12.3. The van der Waals surface area contributed by atoms with Crippen LogP contribution >= 0.6 is 11.3 Å². The molecule has 0 fully saturated rings. The molecule has 0 aliphatic carbocycles. The lowest BCUT2D eigenvalue weighted by atomic mass is 10.3. The zero-order chi connectivity index (χ0) is 23.5. The Morgan fingerprint density at radius 1 is 1.28 bits per heavy atom. The first-order valence-corrected chi connectivity index (χ1v) is 11.9. The Morgan fingerprint density at radius 3 is 2.62 bits per heavy atom. The molecule has 32 heavy (non-hydrogen) atoms. The number of nitrogens with one attached hydrogen (secondary N) is 2. The highest BCUT2D eigenvalue weighted by atomic mass is 32.2. The number of aromatic carboxylic acids is 1. The van der Waals surface area contributed by atoms with Crippen molar-refractivity contribution in [3.63, 3.8) is 0 Å². The summed E-state index contributed by atoms with van der Waals surface area (Å²) in [6.07, 6.45) is 0.563. The molecule has 3 aromatic rings. The molecule has 0 aliphatic rings. The lowest BCUT2D eigenvalue weighted by Gasteiger charge is -2.16. The van der Waals surface area contributed by atoms with E-state index < -0.39 is 16.0 Å². The predicted molar refractivity (Wildman–Crippen MR) is 119 cm³/mol. The Labute approximate surface area is 188 Å². The summed E-state index contributed by atoms with van der Waals surface area (Å²) in [7, 11) is -2.55. The standard InChI is InChI=1S/C20H22N4O6S2/c1-4-12(2)23-32(28,29)17-10-13(21-19(25)16-6-5-9-31-16)7-8-15(17)30-18-11-14(20(26)27)22-24(18)3/h5-12,23H,4H2,1-3H3,(H,21,25)(H,26,27). The number of aromatic nitrogens is 2. The monoisotopic (exact) mass is 478 g/mol. The van der Waals surface area contributed by atoms with Gasteiger partial charge in [0.15, 0.2) is 5.69 Å². The summed E-state index contributed by atoms with van der Waals surface area (Å²) in [5.41, 5.74) is 0.0148. The van der Waals surface area contributed by atoms with Gasteiger partial charge < -0.3 is 15.2 Å². The maximum atomic E-state index is 13.1. The second-order valence-electron chi connectivity index (χ2n) is 6.92. The molecule has 1 unspecified atom stereocenters. The van der Waals surface area contributed by atoms with E-state index >= 15 is 0 Å². The minimum absolute atomic E-state index is 0.0396. The molecule has 0 saturated carbocycles. The van der Waals surface area contributed by atoms with E-state index in [1.54, 1.807) is 24.4 Å². The molecule has 0 saturated heterocycles. The molecule has 1 aromatic carbocycles. The average molecular weight is 479 g/mol. The number of carbonyl (C=O) groups is 2. The van der Waals surface area contributed by atoms with Crippen LogP contribution in [0.1, 0.15) is 40.4 Å². The van der Waals surface area contributed by atoms with E-state index in [4.69, 9.17) is 9.84 Å². The van der Waals surface area contributed by atoms with Gasteiger partial charge in [0.1, 0.15) is 10.6 Å². The maximum absolute atomic E-state index is 13.1. The summed E-state index contributed by atoms with van der Waals surface area (Å²) in [5.74, 6) is -1.62. The Balaban J connectivity index is 2.00. The van der Waals surface area contributed by atoms with Crippen LogP contribution in [0.4, 0.5) is 5.69 Å². The number of sulfonamides is 1. The Morgan fingerprint density at radius 2 is 2.03 bits per heavy atom. The summed E-state index contributed by atoms with van der Waals surface area (Å²) >= 11 is 1.26. The first kappa shape index (κ1) is 23.4. The van der Waals surface area contributed by atoms with Crippen LogP contribution in [0.5, 0.6) is 11.6 Å². The molecule has 1 amide bonds. The second-order valence-corrected chi connectivity index (χ2v) is 9.55. The van der Waals surface area contributed by atoms with Crippen molar-refractivity contribution in [2.75, 3.05) is 5.32 Å². The second kappa shape index (κ2) is 9.51. The Kier molecular flexibility index (Phi) is 6.96. The third-order valence-electron chi connectivity index (χ3n) is 4.48. The van der Waals surface area contributed by atoms with Gasteiger partial charge in [-0.3, -0.25) is 4.79 Å². The number of benzene rings is 1. The summed E-state index contributed by atoms with van der Waals surface area (Å²) in [6.45, 7) is 3.56. The predicted octanol–water partition coefficient (Wildman–Crippen LogP) is 3.30. The highest BCUT2D eigenvalue weighted by Crippen LogP contribution is 2.32. The van der Waals surface area contributed by atoms with Crippen LogP contribution in [0.3, 0.4) is 0 Å². The highest BCUT2D eigenvalue weighted by molar-refractivity contribution is 7.89. The van der Waals surface area contributed by atoms with Crippen LogP contribution in [0.2, 0.25) is 0 Å². The molecule has 1 atom stereocenters. The van der Waals surface area contributed by atoms with Gasteiger partial charge in [0, 0.05) is 24.8 Å². The van der Waals surface area contributed by atoms with E-state index in [1.165, 1.54) is 47.3 Å². The first-order valence-electron chi connectivity index (χ1n) is 9.57. The van der Waals surface area contributed by atoms with Crippen molar-refractivity contribution in [1.29, 1.82) is 0 Å². The largest absolute Gasteiger partial charge is 0.476 e. The van der Waals surface area contributed by atoms with Crippen LogP contribution in [-0.2, 0) is 17.1 Å². The van der Waals surface area contributed by atoms with Crippen LogP contribution in [0, 0.1) is 0 Å². The van der Waals surface area contributed by atoms with Crippen LogP contribution < -0.4 is 14.8 Å². The van der Waals surface area contributed by atoms with Crippen LogP contribution in [0.15, 0.2) is 46.7 Å². The zero-order valence-corrected chi connectivity index (χ0v) is 19.2. The molecule has 2 aromatic heterocycles. The molecular weight excluding hydrogens is 456 g/mol. The number of anilines is 1. The zero-order valence-electron chi connectivity index (χ0n) is 17.5. The Hall–Kier alpha value is -3.22. The number of thiophene rings is 1. The number of aryl methyl sites for hydroxylation is 1. The first-order chi connectivity index (χ1) is 15.1. The van der Waals surface area contributed by atoms with Crippen LogP contribution in [-0.4, -0.2) is 41.2 Å². The smallest absolute Gasteiger partial charge is 0.356 e. The van der Waals surface area contributed by atoms with Crippen LogP contribution in [0.25, 0.3) is 0 Å². The molecule has 170 valence electrons. The van der Waals surface area contributed by atoms with E-state index in [0.717, 1.165) is 0 Å². The lowest BCUT2D eigenvalue weighted by molar-refractivity contribution is 0.0689. The molecule has 3 rings (SSSR count). The van der Waals surface area contributed by atoms with E-state index in [9.17, 15) is 18.0 Å². The van der Waals surface area contributed by atoms with E-state index in [0.29, 0.717) is 11.3 Å². The molecular formula is C20H22N4O6S2. The third-order valence-corrected chi connectivity index (χ3v) is 6.95. The fraction of sp³-hybridized carbons (Fsp3) is 0.250. The number of carboxylic acids is 1. The number of hydrogen-bond acceptors (Lipinski definition) is 7. The van der Waals surface area contributed by atoms with Crippen molar-refractivity contribution in [1.82, 2.24) is 14.5 Å². The number of nitrogens with zero attached hydrogens (tertiary/aromatic N) is 2. The number of hydrogen-bond donors (Lipinski definition) is 3. The van der Waals surface area contributed by atoms with Crippen molar-refractivity contribution in [2.45, 2.75) is 31.2 Å². The minimum atomic E-state index is -4.03. The molecule has 0 radical (unpaired) electrons. The quantitative estimate of drug-likeness (QED) is 0.429. The van der Waals surface area contributed by atoms with Crippen molar-refractivity contribution >= 4 is 38.9 Å². The van der Waals surface area contributed by atoms with E-state index in [-0.39, 0.29) is 39.9 Å². The van der Waals surface area contributed by atoms with Gasteiger partial charge in [0.25, 0.3) is 5.91 Å². The fourth-order valence-corrected chi connectivity index (χ4v) is 4.75. The van der Waals surface area contributed by atoms with Gasteiger partial charge in [0.05, 0.1) is 4.88 Å². The summed E-state index contributed by atoms with van der Waals surface area (Å²) in [6, 6.07) is 8.42. The number of carboxylic acid groups (broad SMARTS) is 1. The summed E-state index contributed by atoms with van der Waals surface area (Å²) in [4.78, 5) is 23.8. The molecule has 12 heteroatoms. The number of amides is 1.